The van der Waals surface area contributed by atoms with Gasteiger partial charge in [0.1, 0.15) is 23.1 Å². The van der Waals surface area contributed by atoms with Crippen LogP contribution in [0.25, 0.3) is 0 Å². The highest BCUT2D eigenvalue weighted by Gasteiger charge is 2.07. The minimum absolute atomic E-state index is 0.355. The molecular weight excluding hydrogens is 222 g/mol. The van der Waals surface area contributed by atoms with Crippen LogP contribution < -0.4 is 4.74 Å². The van der Waals surface area contributed by atoms with Crippen molar-refractivity contribution in [1.29, 1.82) is 5.26 Å². The van der Waals surface area contributed by atoms with Gasteiger partial charge in [0.25, 0.3) is 0 Å². The Labute approximate surface area is 98.7 Å². The van der Waals surface area contributed by atoms with E-state index >= 15 is 0 Å². The zero-order chi connectivity index (χ0) is 11.4. The smallest absolute Gasteiger partial charge is 0.146 e. The normalized spacial score (nSPS) is 9.50. The van der Waals surface area contributed by atoms with Crippen molar-refractivity contribution in [2.24, 2.45) is 0 Å². The summed E-state index contributed by atoms with van der Waals surface area (Å²) in [6, 6.07) is 16.4. The van der Waals surface area contributed by atoms with E-state index in [1.165, 1.54) is 0 Å². The number of para-hydroxylation sites is 1. The van der Waals surface area contributed by atoms with Crippen LogP contribution >= 0.6 is 11.6 Å². The van der Waals surface area contributed by atoms with Gasteiger partial charge in [0, 0.05) is 0 Å². The van der Waals surface area contributed by atoms with Crippen molar-refractivity contribution >= 4 is 11.6 Å². The van der Waals surface area contributed by atoms with Crippen LogP contribution in [0.15, 0.2) is 48.5 Å². The average molecular weight is 230 g/mol. The Balaban J connectivity index is 2.36. The molecule has 0 aliphatic rings. The molecule has 2 nitrogen and oxygen atoms in total. The highest BCUT2D eigenvalue weighted by molar-refractivity contribution is 6.31. The van der Waals surface area contributed by atoms with E-state index in [0.29, 0.717) is 22.1 Å². The van der Waals surface area contributed by atoms with Crippen LogP contribution in [0.2, 0.25) is 5.02 Å². The van der Waals surface area contributed by atoms with Crippen LogP contribution in [0.1, 0.15) is 5.56 Å². The molecule has 2 aromatic carbocycles. The molecule has 2 aromatic rings. The second kappa shape index (κ2) is 4.69. The van der Waals surface area contributed by atoms with E-state index in [9.17, 15) is 0 Å². The second-order valence-corrected chi connectivity index (χ2v) is 3.55. The van der Waals surface area contributed by atoms with Gasteiger partial charge in [-0.15, -0.1) is 0 Å². The van der Waals surface area contributed by atoms with Crippen LogP contribution in [0.3, 0.4) is 0 Å². The lowest BCUT2D eigenvalue weighted by Gasteiger charge is -2.07. The Morgan fingerprint density at radius 3 is 2.44 bits per heavy atom. The molecule has 0 amide bonds. The summed E-state index contributed by atoms with van der Waals surface area (Å²) in [4.78, 5) is 0. The van der Waals surface area contributed by atoms with Crippen LogP contribution in [0.5, 0.6) is 11.5 Å². The van der Waals surface area contributed by atoms with Crippen molar-refractivity contribution in [1.82, 2.24) is 0 Å². The molecule has 0 atom stereocenters. The van der Waals surface area contributed by atoms with Gasteiger partial charge in [-0.25, -0.2) is 0 Å². The maximum Gasteiger partial charge on any atom is 0.146 e. The third-order valence-electron chi connectivity index (χ3n) is 2.06. The SMILES string of the molecule is N#Cc1c(Cl)cccc1Oc1ccccc1. The van der Waals surface area contributed by atoms with Gasteiger partial charge in [0.15, 0.2) is 0 Å². The average Bonchev–Trinajstić information content (AvgIpc) is 2.31. The summed E-state index contributed by atoms with van der Waals surface area (Å²) in [6.07, 6.45) is 0. The topological polar surface area (TPSA) is 33.0 Å². The number of hydrogen-bond acceptors (Lipinski definition) is 2. The number of benzene rings is 2. The molecule has 0 saturated carbocycles. The fourth-order valence-electron chi connectivity index (χ4n) is 1.31. The molecule has 0 saturated heterocycles. The number of rotatable bonds is 2. The Morgan fingerprint density at radius 1 is 1.00 bits per heavy atom. The summed E-state index contributed by atoms with van der Waals surface area (Å²) in [7, 11) is 0. The summed E-state index contributed by atoms with van der Waals surface area (Å²) in [5.41, 5.74) is 0.355. The van der Waals surface area contributed by atoms with E-state index < -0.39 is 0 Å². The minimum atomic E-state index is 0.355. The molecule has 0 aliphatic carbocycles. The van der Waals surface area contributed by atoms with Crippen LogP contribution in [0, 0.1) is 11.3 Å². The molecule has 0 radical (unpaired) electrons. The number of nitriles is 1. The maximum atomic E-state index is 8.96. The molecule has 78 valence electrons. The fourth-order valence-corrected chi connectivity index (χ4v) is 1.52. The Hall–Kier alpha value is -1.98. The van der Waals surface area contributed by atoms with Crippen molar-refractivity contribution in [3.63, 3.8) is 0 Å². The highest BCUT2D eigenvalue weighted by atomic mass is 35.5. The summed E-state index contributed by atoms with van der Waals surface area (Å²) >= 11 is 5.89. The summed E-state index contributed by atoms with van der Waals surface area (Å²) in [5, 5.41) is 9.36. The molecule has 16 heavy (non-hydrogen) atoms. The van der Waals surface area contributed by atoms with Gasteiger partial charge in [-0.2, -0.15) is 5.26 Å². The standard InChI is InChI=1S/C13H8ClNO/c14-12-7-4-8-13(11(12)9-15)16-10-5-2-1-3-6-10/h1-8H. The first kappa shape index (κ1) is 10.5. The molecular formula is C13H8ClNO. The molecule has 0 aromatic heterocycles. The first-order chi connectivity index (χ1) is 7.81. The summed E-state index contributed by atoms with van der Waals surface area (Å²) in [6.45, 7) is 0. The Morgan fingerprint density at radius 2 is 1.75 bits per heavy atom. The monoisotopic (exact) mass is 229 g/mol. The maximum absolute atomic E-state index is 8.96. The lowest BCUT2D eigenvalue weighted by atomic mass is 10.2. The van der Waals surface area contributed by atoms with Crippen molar-refractivity contribution in [2.75, 3.05) is 0 Å². The minimum Gasteiger partial charge on any atom is -0.456 e. The van der Waals surface area contributed by atoms with Crippen LogP contribution in [-0.2, 0) is 0 Å². The van der Waals surface area contributed by atoms with Crippen molar-refractivity contribution < 1.29 is 4.74 Å². The van der Waals surface area contributed by atoms with Gasteiger partial charge in [0.2, 0.25) is 0 Å². The Bertz CT molecular complexity index is 531. The molecule has 0 spiro atoms. The molecule has 0 unspecified atom stereocenters. The molecule has 0 heterocycles. The van der Waals surface area contributed by atoms with Crippen LogP contribution in [0.4, 0.5) is 0 Å². The second-order valence-electron chi connectivity index (χ2n) is 3.14. The van der Waals surface area contributed by atoms with Crippen molar-refractivity contribution in [3.05, 3.63) is 59.1 Å². The molecule has 0 bridgehead atoms. The van der Waals surface area contributed by atoms with E-state index in [4.69, 9.17) is 21.6 Å². The lowest BCUT2D eigenvalue weighted by molar-refractivity contribution is 0.481. The van der Waals surface area contributed by atoms with E-state index in [1.54, 1.807) is 18.2 Å². The van der Waals surface area contributed by atoms with Gasteiger partial charge >= 0.3 is 0 Å². The number of ether oxygens (including phenoxy) is 1. The van der Waals surface area contributed by atoms with Crippen molar-refractivity contribution in [2.45, 2.75) is 0 Å². The third kappa shape index (κ3) is 2.16. The molecule has 0 fully saturated rings. The quantitative estimate of drug-likeness (QED) is 0.780. The van der Waals surface area contributed by atoms with Crippen LogP contribution in [-0.4, -0.2) is 0 Å². The summed E-state index contributed by atoms with van der Waals surface area (Å²) < 4.78 is 5.57. The number of hydrogen-bond donors (Lipinski definition) is 0. The van der Waals surface area contributed by atoms with Gasteiger partial charge in [-0.3, -0.25) is 0 Å². The number of nitrogens with zero attached hydrogens (tertiary/aromatic N) is 1. The fraction of sp³-hybridized carbons (Fsp3) is 0. The van der Waals surface area contributed by atoms with Gasteiger partial charge < -0.3 is 4.74 Å². The molecule has 0 N–H and O–H groups in total. The largest absolute Gasteiger partial charge is 0.456 e. The summed E-state index contributed by atoms with van der Waals surface area (Å²) in [5.74, 6) is 1.16. The number of halogens is 1. The van der Waals surface area contributed by atoms with Gasteiger partial charge in [0.05, 0.1) is 5.02 Å². The van der Waals surface area contributed by atoms with Gasteiger partial charge in [-0.05, 0) is 24.3 Å². The zero-order valence-electron chi connectivity index (χ0n) is 8.35. The lowest BCUT2D eigenvalue weighted by Crippen LogP contribution is -1.88. The van der Waals surface area contributed by atoms with Gasteiger partial charge in [-0.1, -0.05) is 35.9 Å². The van der Waals surface area contributed by atoms with E-state index in [0.717, 1.165) is 0 Å². The molecule has 3 heteroatoms. The predicted molar refractivity (Wildman–Crippen MR) is 62.7 cm³/mol. The predicted octanol–water partition coefficient (Wildman–Crippen LogP) is 4.00. The van der Waals surface area contributed by atoms with Crippen molar-refractivity contribution in [3.8, 4) is 17.6 Å². The molecule has 0 aliphatic heterocycles. The Kier molecular flexibility index (Phi) is 3.09. The molecule has 2 rings (SSSR count). The van der Waals surface area contributed by atoms with E-state index in [2.05, 4.69) is 0 Å². The highest BCUT2D eigenvalue weighted by Crippen LogP contribution is 2.29. The first-order valence-electron chi connectivity index (χ1n) is 4.73. The third-order valence-corrected chi connectivity index (χ3v) is 2.37. The van der Waals surface area contributed by atoms with E-state index in [-0.39, 0.29) is 0 Å². The first-order valence-corrected chi connectivity index (χ1v) is 5.10. The van der Waals surface area contributed by atoms with E-state index in [1.807, 2.05) is 36.4 Å². The zero-order valence-corrected chi connectivity index (χ0v) is 9.11.